The molecule has 0 saturated carbocycles. The van der Waals surface area contributed by atoms with Crippen LogP contribution in [-0.4, -0.2) is 5.16 Å². The first-order valence-electron chi connectivity index (χ1n) is 7.93. The van der Waals surface area contributed by atoms with E-state index < -0.39 is 23.1 Å². The summed E-state index contributed by atoms with van der Waals surface area (Å²) in [6.45, 7) is 1.97. The molecule has 0 aliphatic heterocycles. The highest BCUT2D eigenvalue weighted by Crippen LogP contribution is 2.29. The molecule has 0 radical (unpaired) electrons. The molecule has 0 aliphatic carbocycles. The number of benzene rings is 3. The van der Waals surface area contributed by atoms with Crippen LogP contribution in [0.3, 0.4) is 0 Å². The number of nitrogens with zero attached hydrogens (tertiary/aromatic N) is 1. The van der Waals surface area contributed by atoms with Crippen LogP contribution in [0.2, 0.25) is 0 Å². The van der Waals surface area contributed by atoms with E-state index in [4.69, 9.17) is 0 Å². The predicted octanol–water partition coefficient (Wildman–Crippen LogP) is 6.21. The van der Waals surface area contributed by atoms with E-state index in [9.17, 15) is 13.2 Å². The van der Waals surface area contributed by atoms with Gasteiger partial charge in [-0.05, 0) is 66.7 Å². The number of halogens is 3. The van der Waals surface area contributed by atoms with Crippen molar-refractivity contribution >= 4 is 23.1 Å². The number of hydrogen-bond acceptors (Lipinski definition) is 2. The molecule has 0 aliphatic rings. The van der Waals surface area contributed by atoms with Crippen molar-refractivity contribution in [2.24, 2.45) is 4.99 Å². The zero-order valence-electron chi connectivity index (χ0n) is 14.2. The fraction of sp³-hybridized carbons (Fsp3) is 0.0455. The molecule has 3 aromatic carbocycles. The summed E-state index contributed by atoms with van der Waals surface area (Å²) in [5.74, 6) is 3.29. The second-order valence-electron chi connectivity index (χ2n) is 5.80. The van der Waals surface area contributed by atoms with Crippen molar-refractivity contribution in [3.05, 3.63) is 88.7 Å². The van der Waals surface area contributed by atoms with Gasteiger partial charge in [0.05, 0.1) is 10.7 Å². The van der Waals surface area contributed by atoms with Crippen LogP contribution in [0, 0.1) is 36.2 Å². The van der Waals surface area contributed by atoms with Gasteiger partial charge in [0.15, 0.2) is 11.6 Å². The Morgan fingerprint density at radius 1 is 0.778 bits per heavy atom. The molecule has 3 rings (SSSR count). The smallest absolute Gasteiger partial charge is 0.153 e. The van der Waals surface area contributed by atoms with Crippen molar-refractivity contribution in [1.82, 2.24) is 0 Å². The lowest BCUT2D eigenvalue weighted by Gasteiger charge is -2.06. The standard InChI is InChI=1S/C22H12F3NS/c1-14-2-4-15(5-3-14)6-7-16-8-9-17(10-19(16)23)18-11-20(24)22(26-13-27)21(25)12-18/h2-5,8-12H,1H3. The second-order valence-corrected chi connectivity index (χ2v) is 5.98. The van der Waals surface area contributed by atoms with E-state index in [0.29, 0.717) is 5.56 Å². The van der Waals surface area contributed by atoms with Gasteiger partial charge in [-0.25, -0.2) is 13.2 Å². The van der Waals surface area contributed by atoms with Crippen LogP contribution in [-0.2, 0) is 0 Å². The van der Waals surface area contributed by atoms with Crippen LogP contribution in [0.25, 0.3) is 11.1 Å². The molecule has 0 unspecified atom stereocenters. The van der Waals surface area contributed by atoms with Crippen molar-refractivity contribution in [2.75, 3.05) is 0 Å². The van der Waals surface area contributed by atoms with Gasteiger partial charge < -0.3 is 0 Å². The number of hydrogen-bond donors (Lipinski definition) is 0. The largest absolute Gasteiger partial charge is 0.206 e. The highest BCUT2D eigenvalue weighted by Gasteiger charge is 2.12. The summed E-state index contributed by atoms with van der Waals surface area (Å²) in [5, 5.41) is 1.93. The maximum Gasteiger partial charge on any atom is 0.153 e. The van der Waals surface area contributed by atoms with Crippen molar-refractivity contribution in [3.8, 4) is 23.0 Å². The summed E-state index contributed by atoms with van der Waals surface area (Å²) in [7, 11) is 0. The third kappa shape index (κ3) is 4.32. The van der Waals surface area contributed by atoms with Gasteiger partial charge in [-0.1, -0.05) is 35.6 Å². The van der Waals surface area contributed by atoms with Crippen LogP contribution in [0.15, 0.2) is 59.6 Å². The predicted molar refractivity (Wildman–Crippen MR) is 104 cm³/mol. The van der Waals surface area contributed by atoms with Crippen LogP contribution >= 0.6 is 12.2 Å². The quantitative estimate of drug-likeness (QED) is 0.293. The Balaban J connectivity index is 1.94. The van der Waals surface area contributed by atoms with Crippen molar-refractivity contribution < 1.29 is 13.2 Å². The second kappa shape index (κ2) is 8.01. The van der Waals surface area contributed by atoms with Crippen LogP contribution in [0.1, 0.15) is 16.7 Å². The summed E-state index contributed by atoms with van der Waals surface area (Å²) in [6, 6.07) is 13.9. The van der Waals surface area contributed by atoms with Crippen molar-refractivity contribution in [1.29, 1.82) is 0 Å². The lowest BCUT2D eigenvalue weighted by molar-refractivity contribution is 0.588. The lowest BCUT2D eigenvalue weighted by Crippen LogP contribution is -1.90. The molecule has 0 amide bonds. The van der Waals surface area contributed by atoms with E-state index in [1.807, 2.05) is 36.4 Å². The Kier molecular flexibility index (Phi) is 5.52. The third-order valence-corrected chi connectivity index (χ3v) is 3.96. The molecule has 1 nitrogen and oxygen atoms in total. The fourth-order valence-corrected chi connectivity index (χ4v) is 2.55. The Hall–Kier alpha value is -3.19. The molecule has 0 spiro atoms. The molecule has 0 N–H and O–H groups in total. The molecule has 0 aromatic heterocycles. The maximum absolute atomic E-state index is 14.4. The number of thiocarbonyl (C=S) groups is 1. The van der Waals surface area contributed by atoms with Crippen LogP contribution in [0.5, 0.6) is 0 Å². The van der Waals surface area contributed by atoms with Gasteiger partial charge in [0.1, 0.15) is 11.5 Å². The highest BCUT2D eigenvalue weighted by molar-refractivity contribution is 7.78. The van der Waals surface area contributed by atoms with Crippen LogP contribution < -0.4 is 0 Å². The van der Waals surface area contributed by atoms with E-state index in [2.05, 4.69) is 29.1 Å². The molecular weight excluding hydrogens is 367 g/mol. The minimum atomic E-state index is -0.897. The first-order valence-corrected chi connectivity index (χ1v) is 8.34. The van der Waals surface area contributed by atoms with E-state index in [1.165, 1.54) is 12.1 Å². The molecule has 132 valence electrons. The number of isothiocyanates is 1. The van der Waals surface area contributed by atoms with E-state index >= 15 is 0 Å². The summed E-state index contributed by atoms with van der Waals surface area (Å²) in [4.78, 5) is 3.35. The van der Waals surface area contributed by atoms with Gasteiger partial charge in [0, 0.05) is 5.56 Å². The van der Waals surface area contributed by atoms with Gasteiger partial charge in [0.2, 0.25) is 0 Å². The number of aryl methyl sites for hydroxylation is 1. The molecule has 0 saturated heterocycles. The molecular formula is C22H12F3NS. The average molecular weight is 379 g/mol. The normalized spacial score (nSPS) is 9.93. The fourth-order valence-electron chi connectivity index (χ4n) is 2.46. The number of aliphatic imine (C=N–C) groups is 1. The Labute approximate surface area is 160 Å². The van der Waals surface area contributed by atoms with E-state index in [1.54, 1.807) is 6.07 Å². The zero-order valence-corrected chi connectivity index (χ0v) is 15.0. The molecule has 0 fully saturated rings. The number of rotatable bonds is 2. The molecule has 3 aromatic rings. The van der Waals surface area contributed by atoms with Gasteiger partial charge >= 0.3 is 0 Å². The Morgan fingerprint density at radius 3 is 2.00 bits per heavy atom. The van der Waals surface area contributed by atoms with Gasteiger partial charge in [-0.15, -0.1) is 0 Å². The third-order valence-electron chi connectivity index (χ3n) is 3.87. The maximum atomic E-state index is 14.4. The van der Waals surface area contributed by atoms with Gasteiger partial charge in [-0.2, -0.15) is 4.99 Å². The summed E-state index contributed by atoms with van der Waals surface area (Å²) in [6.07, 6.45) is 0. The van der Waals surface area contributed by atoms with Crippen molar-refractivity contribution in [3.63, 3.8) is 0 Å². The summed E-state index contributed by atoms with van der Waals surface area (Å²) in [5.41, 5.74) is 2.06. The average Bonchev–Trinajstić information content (AvgIpc) is 2.65. The van der Waals surface area contributed by atoms with Gasteiger partial charge in [0.25, 0.3) is 0 Å². The monoisotopic (exact) mass is 379 g/mol. The van der Waals surface area contributed by atoms with Crippen LogP contribution in [0.4, 0.5) is 18.9 Å². The Morgan fingerprint density at radius 2 is 1.41 bits per heavy atom. The minimum absolute atomic E-state index is 0.185. The highest BCUT2D eigenvalue weighted by atomic mass is 32.1. The Bertz CT molecular complexity index is 1100. The van der Waals surface area contributed by atoms with E-state index in [-0.39, 0.29) is 11.1 Å². The van der Waals surface area contributed by atoms with E-state index in [0.717, 1.165) is 23.3 Å². The van der Waals surface area contributed by atoms with Gasteiger partial charge in [-0.3, -0.25) is 0 Å². The topological polar surface area (TPSA) is 12.4 Å². The summed E-state index contributed by atoms with van der Waals surface area (Å²) < 4.78 is 42.3. The summed E-state index contributed by atoms with van der Waals surface area (Å²) >= 11 is 4.36. The SMILES string of the molecule is Cc1ccc(C#Cc2ccc(-c3cc(F)c(N=C=S)c(F)c3)cc2F)cc1. The first kappa shape index (κ1) is 18.6. The first-order chi connectivity index (χ1) is 13.0. The van der Waals surface area contributed by atoms with Crippen molar-refractivity contribution in [2.45, 2.75) is 6.92 Å². The molecule has 0 heterocycles. The molecule has 5 heteroatoms. The minimum Gasteiger partial charge on any atom is -0.206 e. The molecule has 0 bridgehead atoms. The molecule has 0 atom stereocenters. The molecule has 27 heavy (non-hydrogen) atoms. The lowest BCUT2D eigenvalue weighted by atomic mass is 10.0. The zero-order chi connectivity index (χ0) is 19.4.